The summed E-state index contributed by atoms with van der Waals surface area (Å²) in [5.41, 5.74) is 0. The Bertz CT molecular complexity index is 570. The molecule has 1 atom stereocenters. The number of thioether (sulfide) groups is 1. The van der Waals surface area contributed by atoms with E-state index in [0.29, 0.717) is 5.17 Å². The Labute approximate surface area is 125 Å². The van der Waals surface area contributed by atoms with Gasteiger partial charge in [0.1, 0.15) is 0 Å². The van der Waals surface area contributed by atoms with Gasteiger partial charge in [0, 0.05) is 17.3 Å². The van der Waals surface area contributed by atoms with Crippen molar-refractivity contribution in [3.63, 3.8) is 0 Å². The molecule has 1 fully saturated rings. The van der Waals surface area contributed by atoms with E-state index in [1.807, 2.05) is 12.1 Å². The second-order valence-corrected chi connectivity index (χ2v) is 7.15. The molecule has 0 aliphatic carbocycles. The molecule has 9 heteroatoms. The predicted octanol–water partition coefficient (Wildman–Crippen LogP) is 0.572. The topological polar surface area (TPSA) is 93.9 Å². The highest BCUT2D eigenvalue weighted by Crippen LogP contribution is 2.22. The first-order valence-electron chi connectivity index (χ1n) is 5.08. The molecule has 0 saturated carbocycles. The summed E-state index contributed by atoms with van der Waals surface area (Å²) in [5, 5.41) is 20.2. The lowest BCUT2D eigenvalue weighted by atomic mass is 10.3. The molecule has 1 N–H and O–H groups in total. The van der Waals surface area contributed by atoms with Crippen molar-refractivity contribution in [2.24, 2.45) is 10.2 Å². The molecule has 19 heavy (non-hydrogen) atoms. The molecular weight excluding hydrogens is 354 g/mol. The number of amidine groups is 1. The fourth-order valence-electron chi connectivity index (χ4n) is 1.27. The van der Waals surface area contributed by atoms with Gasteiger partial charge in [-0.15, -0.1) is 16.4 Å². The summed E-state index contributed by atoms with van der Waals surface area (Å²) in [6.45, 7) is 0. The molecule has 1 aliphatic heterocycles. The molecule has 1 aromatic rings. The lowest BCUT2D eigenvalue weighted by Gasteiger charge is -2.04. The number of hydrogen-bond acceptors (Lipinski definition) is 7. The van der Waals surface area contributed by atoms with Crippen LogP contribution in [0.3, 0.4) is 0 Å². The third-order valence-corrected chi connectivity index (χ3v) is 4.69. The SMILES string of the molecule is O=C([O-])C[C@@H]1S/C(=N\N=C/c2ccc(Br)s2)NC1=O. The average molecular weight is 361 g/mol. The zero-order valence-corrected chi connectivity index (χ0v) is 12.5. The molecule has 2 heterocycles. The van der Waals surface area contributed by atoms with Gasteiger partial charge in [-0.05, 0) is 28.1 Å². The smallest absolute Gasteiger partial charge is 0.239 e. The third kappa shape index (κ3) is 4.15. The number of nitrogens with zero attached hydrogens (tertiary/aromatic N) is 2. The summed E-state index contributed by atoms with van der Waals surface area (Å²) in [4.78, 5) is 22.7. The maximum atomic E-state index is 11.4. The minimum Gasteiger partial charge on any atom is -0.550 e. The molecule has 100 valence electrons. The van der Waals surface area contributed by atoms with Gasteiger partial charge in [0.15, 0.2) is 5.17 Å². The average Bonchev–Trinajstić information content (AvgIpc) is 2.86. The van der Waals surface area contributed by atoms with E-state index < -0.39 is 11.2 Å². The number of carbonyl (C=O) groups excluding carboxylic acids is 2. The molecule has 0 bridgehead atoms. The van der Waals surface area contributed by atoms with Crippen LogP contribution in [0.1, 0.15) is 11.3 Å². The molecular formula is C10H7BrN3O3S2-. The number of halogens is 1. The van der Waals surface area contributed by atoms with Crippen LogP contribution in [0.4, 0.5) is 0 Å². The van der Waals surface area contributed by atoms with Crippen LogP contribution in [0.2, 0.25) is 0 Å². The second-order valence-electron chi connectivity index (χ2n) is 3.46. The number of carboxylic acids is 1. The Balaban J connectivity index is 1.96. The standard InChI is InChI=1S/C10H8BrN3O3S2/c11-7-2-1-5(18-7)4-12-14-10-13-9(17)6(19-10)3-8(15)16/h1-2,4,6H,3H2,(H,15,16)(H,13,14,17)/p-1/b12-4-/t6-/m0/s1. The van der Waals surface area contributed by atoms with Crippen molar-refractivity contribution in [1.29, 1.82) is 0 Å². The van der Waals surface area contributed by atoms with Crippen molar-refractivity contribution in [2.75, 3.05) is 0 Å². The molecule has 0 aromatic carbocycles. The van der Waals surface area contributed by atoms with Crippen LogP contribution in [-0.4, -0.2) is 28.5 Å². The highest BCUT2D eigenvalue weighted by molar-refractivity contribution is 9.11. The van der Waals surface area contributed by atoms with Gasteiger partial charge in [0.05, 0.1) is 15.3 Å². The first-order chi connectivity index (χ1) is 9.04. The van der Waals surface area contributed by atoms with Crippen molar-refractivity contribution >= 4 is 62.3 Å². The number of carbonyl (C=O) groups is 2. The zero-order valence-electron chi connectivity index (χ0n) is 9.33. The predicted molar refractivity (Wildman–Crippen MR) is 76.2 cm³/mol. The van der Waals surface area contributed by atoms with Gasteiger partial charge in [-0.2, -0.15) is 5.10 Å². The number of thiophene rings is 1. The maximum absolute atomic E-state index is 11.4. The molecule has 1 aliphatic rings. The van der Waals surface area contributed by atoms with Crippen LogP contribution in [-0.2, 0) is 9.59 Å². The van der Waals surface area contributed by atoms with Crippen LogP contribution in [0, 0.1) is 0 Å². The lowest BCUT2D eigenvalue weighted by Crippen LogP contribution is -2.31. The molecule has 0 radical (unpaired) electrons. The quantitative estimate of drug-likeness (QED) is 0.627. The number of amides is 1. The summed E-state index contributed by atoms with van der Waals surface area (Å²) < 4.78 is 0.985. The van der Waals surface area contributed by atoms with Crippen LogP contribution >= 0.6 is 39.0 Å². The van der Waals surface area contributed by atoms with E-state index >= 15 is 0 Å². The number of rotatable bonds is 4. The Hall–Kier alpha value is -1.19. The fourth-order valence-corrected chi connectivity index (χ4v) is 3.47. The summed E-state index contributed by atoms with van der Waals surface area (Å²) in [7, 11) is 0. The first-order valence-corrected chi connectivity index (χ1v) is 7.57. The maximum Gasteiger partial charge on any atom is 0.239 e. The Morgan fingerprint density at radius 2 is 2.37 bits per heavy atom. The van der Waals surface area contributed by atoms with Gasteiger partial charge in [-0.1, -0.05) is 11.8 Å². The van der Waals surface area contributed by atoms with Gasteiger partial charge in [-0.3, -0.25) is 4.79 Å². The van der Waals surface area contributed by atoms with Crippen LogP contribution in [0.25, 0.3) is 0 Å². The van der Waals surface area contributed by atoms with Gasteiger partial charge in [-0.25, -0.2) is 0 Å². The minimum absolute atomic E-state index is 0.295. The second kappa shape index (κ2) is 6.31. The monoisotopic (exact) mass is 360 g/mol. The molecule has 1 saturated heterocycles. The highest BCUT2D eigenvalue weighted by Gasteiger charge is 2.30. The number of carboxylic acid groups (broad SMARTS) is 1. The molecule has 0 spiro atoms. The van der Waals surface area contributed by atoms with E-state index in [2.05, 4.69) is 31.4 Å². The Morgan fingerprint density at radius 3 is 3.00 bits per heavy atom. The molecule has 1 aromatic heterocycles. The van der Waals surface area contributed by atoms with Gasteiger partial charge in [0.25, 0.3) is 0 Å². The van der Waals surface area contributed by atoms with Crippen molar-refractivity contribution < 1.29 is 14.7 Å². The minimum atomic E-state index is -1.26. The largest absolute Gasteiger partial charge is 0.550 e. The van der Waals surface area contributed by atoms with E-state index in [0.717, 1.165) is 20.4 Å². The summed E-state index contributed by atoms with van der Waals surface area (Å²) >= 11 is 5.86. The van der Waals surface area contributed by atoms with Crippen LogP contribution < -0.4 is 10.4 Å². The van der Waals surface area contributed by atoms with Gasteiger partial charge < -0.3 is 15.2 Å². The van der Waals surface area contributed by atoms with Crippen molar-refractivity contribution in [3.05, 3.63) is 20.8 Å². The van der Waals surface area contributed by atoms with Crippen LogP contribution in [0.5, 0.6) is 0 Å². The zero-order chi connectivity index (χ0) is 13.8. The van der Waals surface area contributed by atoms with Crippen molar-refractivity contribution in [3.8, 4) is 0 Å². The summed E-state index contributed by atoms with van der Waals surface area (Å²) in [6, 6.07) is 3.76. The summed E-state index contributed by atoms with van der Waals surface area (Å²) in [6.07, 6.45) is 1.22. The van der Waals surface area contributed by atoms with Gasteiger partial charge >= 0.3 is 0 Å². The van der Waals surface area contributed by atoms with Gasteiger partial charge in [0.2, 0.25) is 5.91 Å². The molecule has 1 amide bonds. The number of aliphatic carboxylic acids is 1. The number of nitrogens with one attached hydrogen (secondary N) is 1. The third-order valence-electron chi connectivity index (χ3n) is 2.06. The van der Waals surface area contributed by atoms with Crippen molar-refractivity contribution in [1.82, 2.24) is 5.32 Å². The highest BCUT2D eigenvalue weighted by atomic mass is 79.9. The fraction of sp³-hybridized carbons (Fsp3) is 0.200. The van der Waals surface area contributed by atoms with E-state index in [4.69, 9.17) is 0 Å². The molecule has 6 nitrogen and oxygen atoms in total. The Kier molecular flexibility index (Phi) is 4.72. The van der Waals surface area contributed by atoms with E-state index in [1.165, 1.54) is 11.3 Å². The molecule has 0 unspecified atom stereocenters. The normalized spacial score (nSPS) is 21.2. The van der Waals surface area contributed by atoms with Crippen LogP contribution in [0.15, 0.2) is 26.1 Å². The van der Waals surface area contributed by atoms with E-state index in [-0.39, 0.29) is 12.3 Å². The lowest BCUT2D eigenvalue weighted by molar-refractivity contribution is -0.305. The number of hydrogen-bond donors (Lipinski definition) is 1. The van der Waals surface area contributed by atoms with Crippen molar-refractivity contribution in [2.45, 2.75) is 11.7 Å². The van der Waals surface area contributed by atoms with E-state index in [1.54, 1.807) is 6.21 Å². The summed E-state index contributed by atoms with van der Waals surface area (Å²) in [5.74, 6) is -1.65. The first kappa shape index (κ1) is 14.2. The molecule has 2 rings (SSSR count). The Morgan fingerprint density at radius 1 is 1.58 bits per heavy atom. The van der Waals surface area contributed by atoms with E-state index in [9.17, 15) is 14.7 Å².